The zero-order valence-electron chi connectivity index (χ0n) is 9.31. The van der Waals surface area contributed by atoms with Gasteiger partial charge < -0.3 is 0 Å². The lowest BCUT2D eigenvalue weighted by Gasteiger charge is -2.36. The van der Waals surface area contributed by atoms with Crippen LogP contribution in [0.25, 0.3) is 0 Å². The Labute approximate surface area is 108 Å². The number of nitrogens with one attached hydrogen (secondary N) is 1. The number of hydrogen-bond donors (Lipinski definition) is 1. The minimum absolute atomic E-state index is 0.0142. The number of aromatic nitrogens is 3. The van der Waals surface area contributed by atoms with E-state index in [4.69, 9.17) is 0 Å². The highest BCUT2D eigenvalue weighted by atomic mass is 19.4. The van der Waals surface area contributed by atoms with Gasteiger partial charge in [0.05, 0.1) is 0 Å². The quantitative estimate of drug-likeness (QED) is 0.844. The molecule has 0 aliphatic heterocycles. The third-order valence-corrected chi connectivity index (χ3v) is 2.27. The highest BCUT2D eigenvalue weighted by Gasteiger charge is 2.88. The van der Waals surface area contributed by atoms with Crippen LogP contribution in [0.15, 0.2) is 12.7 Å². The molecule has 0 saturated heterocycles. The second-order valence-corrected chi connectivity index (χ2v) is 3.55. The second kappa shape index (κ2) is 4.77. The molecule has 0 atom stereocenters. The predicted molar refractivity (Wildman–Crippen MR) is 45.0 cm³/mol. The second-order valence-electron chi connectivity index (χ2n) is 3.55. The molecule has 14 heteroatoms. The number of rotatable bonds is 2. The fourth-order valence-corrected chi connectivity index (χ4v) is 1.33. The summed E-state index contributed by atoms with van der Waals surface area (Å²) in [6.07, 6.45) is -20.1. The van der Waals surface area contributed by atoms with Crippen molar-refractivity contribution in [1.29, 1.82) is 0 Å². The van der Waals surface area contributed by atoms with Gasteiger partial charge in [-0.25, -0.2) is 4.68 Å². The lowest BCUT2D eigenvalue weighted by Crippen LogP contribution is -2.66. The molecule has 0 bridgehead atoms. The summed E-state index contributed by atoms with van der Waals surface area (Å²) in [4.78, 5) is 11.1. The summed E-state index contributed by atoms with van der Waals surface area (Å²) in [5, 5.41) is 5.80. The Morgan fingerprint density at radius 2 is 1.14 bits per heavy atom. The van der Waals surface area contributed by atoms with Gasteiger partial charge in [-0.1, -0.05) is 0 Å². The zero-order valence-corrected chi connectivity index (χ0v) is 9.31. The molecule has 1 heterocycles. The van der Waals surface area contributed by atoms with Crippen LogP contribution in [0.4, 0.5) is 39.5 Å². The van der Waals surface area contributed by atoms with Gasteiger partial charge in [0, 0.05) is 0 Å². The van der Waals surface area contributed by atoms with Gasteiger partial charge in [-0.15, -0.1) is 10.2 Å². The third kappa shape index (κ3) is 2.61. The van der Waals surface area contributed by atoms with Gasteiger partial charge in [0.2, 0.25) is 0 Å². The molecular formula is C7H3F9N4O. The highest BCUT2D eigenvalue weighted by molar-refractivity contribution is 5.91. The van der Waals surface area contributed by atoms with Gasteiger partial charge in [-0.05, 0) is 0 Å². The monoisotopic (exact) mass is 330 g/mol. The van der Waals surface area contributed by atoms with Gasteiger partial charge in [-0.2, -0.15) is 39.5 Å². The molecule has 1 rings (SSSR count). The summed E-state index contributed by atoms with van der Waals surface area (Å²) in [5.41, 5.74) is -5.81. The van der Waals surface area contributed by atoms with Crippen molar-refractivity contribution in [2.45, 2.75) is 18.5 Å². The minimum Gasteiger partial charge on any atom is -0.271 e. The maximum Gasteiger partial charge on any atom is 0.421 e. The molecule has 0 aromatic carbocycles. The van der Waals surface area contributed by atoms with Crippen molar-refractivity contribution in [1.82, 2.24) is 14.9 Å². The van der Waals surface area contributed by atoms with Gasteiger partial charge in [0.1, 0.15) is 12.7 Å². The molecule has 1 aromatic rings. The number of alkyl halides is 9. The smallest absolute Gasteiger partial charge is 0.271 e. The Bertz CT molecular complexity index is 464. The van der Waals surface area contributed by atoms with Crippen LogP contribution in [0.1, 0.15) is 0 Å². The van der Waals surface area contributed by atoms with Crippen LogP contribution in [-0.2, 0) is 4.79 Å². The molecule has 0 aliphatic rings. The molecule has 120 valence electrons. The minimum atomic E-state index is -6.97. The van der Waals surface area contributed by atoms with Crippen molar-refractivity contribution in [2.24, 2.45) is 5.41 Å². The number of nitrogens with zero attached hydrogens (tertiary/aromatic N) is 3. The van der Waals surface area contributed by atoms with Crippen LogP contribution < -0.4 is 5.43 Å². The Kier molecular flexibility index (Phi) is 3.87. The Balaban J connectivity index is 3.47. The van der Waals surface area contributed by atoms with Crippen molar-refractivity contribution in [2.75, 3.05) is 5.43 Å². The molecule has 0 unspecified atom stereocenters. The van der Waals surface area contributed by atoms with Crippen LogP contribution in [-0.4, -0.2) is 39.3 Å². The van der Waals surface area contributed by atoms with Gasteiger partial charge in [-0.3, -0.25) is 10.2 Å². The van der Waals surface area contributed by atoms with Crippen LogP contribution in [0, 0.1) is 5.41 Å². The van der Waals surface area contributed by atoms with E-state index in [1.165, 1.54) is 0 Å². The molecule has 0 fully saturated rings. The average Bonchev–Trinajstić information content (AvgIpc) is 2.62. The lowest BCUT2D eigenvalue weighted by molar-refractivity contribution is -0.405. The van der Waals surface area contributed by atoms with E-state index in [0.29, 0.717) is 12.7 Å². The van der Waals surface area contributed by atoms with Crippen molar-refractivity contribution >= 4 is 5.91 Å². The maximum atomic E-state index is 12.5. The van der Waals surface area contributed by atoms with E-state index in [1.807, 2.05) is 0 Å². The van der Waals surface area contributed by atoms with E-state index in [0.717, 1.165) is 5.43 Å². The van der Waals surface area contributed by atoms with Crippen LogP contribution in [0.3, 0.4) is 0 Å². The summed E-state index contributed by atoms with van der Waals surface area (Å²) >= 11 is 0. The number of amides is 1. The first kappa shape index (κ1) is 17.0. The normalized spacial score (nSPS) is 14.1. The van der Waals surface area contributed by atoms with Crippen molar-refractivity contribution in [3.8, 4) is 0 Å². The third-order valence-electron chi connectivity index (χ3n) is 2.27. The Morgan fingerprint density at radius 3 is 1.43 bits per heavy atom. The Morgan fingerprint density at radius 1 is 0.810 bits per heavy atom. The SMILES string of the molecule is O=C(Nn1cnnc1)C(C(F)(F)F)(C(F)(F)F)C(F)(F)F. The first-order chi connectivity index (χ1) is 9.25. The van der Waals surface area contributed by atoms with E-state index in [2.05, 4.69) is 10.2 Å². The lowest BCUT2D eigenvalue weighted by atomic mass is 9.84. The van der Waals surface area contributed by atoms with Crippen LogP contribution >= 0.6 is 0 Å². The average molecular weight is 330 g/mol. The van der Waals surface area contributed by atoms with E-state index in [9.17, 15) is 44.3 Å². The number of halogens is 9. The maximum absolute atomic E-state index is 12.5. The summed E-state index contributed by atoms with van der Waals surface area (Å²) in [5.74, 6) is -3.38. The van der Waals surface area contributed by atoms with E-state index < -0.39 is 29.9 Å². The number of carbonyl (C=O) groups is 1. The number of hydrogen-bond acceptors (Lipinski definition) is 3. The largest absolute Gasteiger partial charge is 0.421 e. The first-order valence-electron chi connectivity index (χ1n) is 4.61. The fourth-order valence-electron chi connectivity index (χ4n) is 1.33. The molecule has 0 spiro atoms. The van der Waals surface area contributed by atoms with Gasteiger partial charge in [0.25, 0.3) is 5.91 Å². The molecule has 21 heavy (non-hydrogen) atoms. The molecule has 5 nitrogen and oxygen atoms in total. The highest BCUT2D eigenvalue weighted by Crippen LogP contribution is 2.59. The van der Waals surface area contributed by atoms with E-state index in [-0.39, 0.29) is 4.68 Å². The van der Waals surface area contributed by atoms with Crippen LogP contribution in [0.5, 0.6) is 0 Å². The first-order valence-corrected chi connectivity index (χ1v) is 4.61. The van der Waals surface area contributed by atoms with Crippen molar-refractivity contribution in [3.05, 3.63) is 12.7 Å². The van der Waals surface area contributed by atoms with Crippen molar-refractivity contribution in [3.63, 3.8) is 0 Å². The molecule has 1 amide bonds. The standard InChI is InChI=1S/C7H3F9N4O/c8-5(9,10)4(6(11,12)13,7(14,15)16)3(21)19-20-1-17-18-2-20/h1-2H,(H,19,21). The molecule has 1 N–H and O–H groups in total. The zero-order chi connectivity index (χ0) is 16.7. The molecular weight excluding hydrogens is 327 g/mol. The molecule has 0 radical (unpaired) electrons. The van der Waals surface area contributed by atoms with Crippen LogP contribution in [0.2, 0.25) is 0 Å². The van der Waals surface area contributed by atoms with Crippen molar-refractivity contribution < 1.29 is 44.3 Å². The van der Waals surface area contributed by atoms with Gasteiger partial charge >= 0.3 is 23.9 Å². The molecule has 0 saturated carbocycles. The summed E-state index contributed by atoms with van der Waals surface area (Å²) < 4.78 is 113. The Hall–Kier alpha value is -2.02. The predicted octanol–water partition coefficient (Wildman–Crippen LogP) is 2.02. The van der Waals surface area contributed by atoms with E-state index >= 15 is 0 Å². The summed E-state index contributed by atoms with van der Waals surface area (Å²) in [6, 6.07) is 0. The summed E-state index contributed by atoms with van der Waals surface area (Å²) in [7, 11) is 0. The fraction of sp³-hybridized carbons (Fsp3) is 0.571. The van der Waals surface area contributed by atoms with Gasteiger partial charge in [0.15, 0.2) is 0 Å². The molecule has 1 aromatic heterocycles. The number of carbonyl (C=O) groups excluding carboxylic acids is 1. The molecule has 0 aliphatic carbocycles. The van der Waals surface area contributed by atoms with E-state index in [1.54, 1.807) is 0 Å². The topological polar surface area (TPSA) is 59.8 Å². The summed E-state index contributed by atoms with van der Waals surface area (Å²) in [6.45, 7) is 0.